The number of hydrogen-bond acceptors (Lipinski definition) is 3. The monoisotopic (exact) mass is 270 g/mol. The Hall–Kier alpha value is -0.120. The fourth-order valence-electron chi connectivity index (χ4n) is 3.10. The molecule has 0 bridgehead atoms. The zero-order valence-electron chi connectivity index (χ0n) is 13.2. The second-order valence-corrected chi connectivity index (χ2v) is 7.23. The molecular weight excluding hydrogens is 236 g/mol. The molecule has 1 rings (SSSR count). The summed E-state index contributed by atoms with van der Waals surface area (Å²) in [5, 5.41) is 12.6. The molecule has 0 amide bonds. The van der Waals surface area contributed by atoms with Gasteiger partial charge in [-0.05, 0) is 37.1 Å². The van der Waals surface area contributed by atoms with Crippen molar-refractivity contribution in [3.05, 3.63) is 0 Å². The lowest BCUT2D eigenvalue weighted by Crippen LogP contribution is -2.43. The van der Waals surface area contributed by atoms with E-state index in [1.165, 1.54) is 45.3 Å². The van der Waals surface area contributed by atoms with E-state index in [4.69, 9.17) is 0 Å². The highest BCUT2D eigenvalue weighted by Gasteiger charge is 2.18. The molecule has 0 spiro atoms. The largest absolute Gasteiger partial charge is 0.396 e. The van der Waals surface area contributed by atoms with Crippen LogP contribution in [-0.2, 0) is 0 Å². The van der Waals surface area contributed by atoms with Crippen LogP contribution in [0.5, 0.6) is 0 Å². The molecule has 19 heavy (non-hydrogen) atoms. The molecule has 1 aliphatic heterocycles. The summed E-state index contributed by atoms with van der Waals surface area (Å²) in [6.07, 6.45) is 6.12. The number of nitrogens with zero attached hydrogens (tertiary/aromatic N) is 1. The molecule has 2 N–H and O–H groups in total. The Kier molecular flexibility index (Phi) is 7.96. The molecular formula is C16H34N2O. The minimum absolute atomic E-state index is 0.346. The zero-order valence-corrected chi connectivity index (χ0v) is 13.2. The summed E-state index contributed by atoms with van der Waals surface area (Å²) in [7, 11) is 0. The van der Waals surface area contributed by atoms with Crippen LogP contribution in [0.2, 0.25) is 0 Å². The molecule has 3 nitrogen and oxygen atoms in total. The summed E-state index contributed by atoms with van der Waals surface area (Å²) in [6.45, 7) is 13.2. The molecule has 1 saturated heterocycles. The van der Waals surface area contributed by atoms with Gasteiger partial charge >= 0.3 is 0 Å². The van der Waals surface area contributed by atoms with Crippen LogP contribution in [0.15, 0.2) is 0 Å². The smallest absolute Gasteiger partial charge is 0.0433 e. The van der Waals surface area contributed by atoms with Crippen molar-refractivity contribution in [3.63, 3.8) is 0 Å². The SMILES string of the molecule is CC(C)(C)C[C@@H](CCO)CCCCN1CCNCC1. The van der Waals surface area contributed by atoms with Crippen LogP contribution < -0.4 is 5.32 Å². The summed E-state index contributed by atoms with van der Waals surface area (Å²) in [4.78, 5) is 2.57. The van der Waals surface area contributed by atoms with Crippen molar-refractivity contribution in [3.8, 4) is 0 Å². The van der Waals surface area contributed by atoms with Gasteiger partial charge in [-0.25, -0.2) is 0 Å². The number of rotatable bonds is 8. The van der Waals surface area contributed by atoms with Gasteiger partial charge in [-0.1, -0.05) is 33.6 Å². The maximum absolute atomic E-state index is 9.18. The van der Waals surface area contributed by atoms with Gasteiger partial charge in [0.25, 0.3) is 0 Å². The van der Waals surface area contributed by atoms with Crippen molar-refractivity contribution in [2.45, 2.75) is 52.9 Å². The molecule has 0 radical (unpaired) electrons. The second-order valence-electron chi connectivity index (χ2n) is 7.23. The first-order valence-electron chi connectivity index (χ1n) is 8.05. The maximum atomic E-state index is 9.18. The Morgan fingerprint density at radius 2 is 1.79 bits per heavy atom. The quantitative estimate of drug-likeness (QED) is 0.665. The number of hydrogen-bond donors (Lipinski definition) is 2. The van der Waals surface area contributed by atoms with Gasteiger partial charge in [0.05, 0.1) is 0 Å². The molecule has 0 aromatic carbocycles. The fourth-order valence-corrected chi connectivity index (χ4v) is 3.10. The number of nitrogens with one attached hydrogen (secondary N) is 1. The second kappa shape index (κ2) is 8.93. The molecule has 114 valence electrons. The van der Waals surface area contributed by atoms with E-state index in [9.17, 15) is 5.11 Å². The van der Waals surface area contributed by atoms with Gasteiger partial charge in [0, 0.05) is 32.8 Å². The van der Waals surface area contributed by atoms with Crippen LogP contribution in [0.3, 0.4) is 0 Å². The summed E-state index contributed by atoms with van der Waals surface area (Å²) in [5.41, 5.74) is 0.387. The lowest BCUT2D eigenvalue weighted by molar-refractivity contribution is 0.200. The van der Waals surface area contributed by atoms with Gasteiger partial charge < -0.3 is 15.3 Å². The van der Waals surface area contributed by atoms with E-state index >= 15 is 0 Å². The van der Waals surface area contributed by atoms with Gasteiger partial charge in [0.15, 0.2) is 0 Å². The lowest BCUT2D eigenvalue weighted by Gasteiger charge is -2.28. The summed E-state index contributed by atoms with van der Waals surface area (Å²) in [6, 6.07) is 0. The van der Waals surface area contributed by atoms with Gasteiger partial charge in [0.1, 0.15) is 0 Å². The first-order valence-corrected chi connectivity index (χ1v) is 8.05. The first kappa shape index (κ1) is 16.9. The van der Waals surface area contributed by atoms with Crippen molar-refractivity contribution >= 4 is 0 Å². The summed E-state index contributed by atoms with van der Waals surface area (Å²) in [5.74, 6) is 0.702. The maximum Gasteiger partial charge on any atom is 0.0433 e. The van der Waals surface area contributed by atoms with Crippen molar-refractivity contribution in [2.75, 3.05) is 39.3 Å². The molecule has 1 aliphatic rings. The van der Waals surface area contributed by atoms with Gasteiger partial charge in [-0.3, -0.25) is 0 Å². The number of piperazine rings is 1. The van der Waals surface area contributed by atoms with E-state index in [0.717, 1.165) is 19.5 Å². The van der Waals surface area contributed by atoms with E-state index in [1.807, 2.05) is 0 Å². The normalized spacial score (nSPS) is 19.6. The molecule has 3 heteroatoms. The van der Waals surface area contributed by atoms with Crippen LogP contribution in [0.1, 0.15) is 52.9 Å². The van der Waals surface area contributed by atoms with Crippen molar-refractivity contribution in [1.29, 1.82) is 0 Å². The topological polar surface area (TPSA) is 35.5 Å². The third kappa shape index (κ3) is 8.61. The van der Waals surface area contributed by atoms with E-state index < -0.39 is 0 Å². The van der Waals surface area contributed by atoms with Gasteiger partial charge in [0.2, 0.25) is 0 Å². The average molecular weight is 270 g/mol. The predicted molar refractivity (Wildman–Crippen MR) is 82.4 cm³/mol. The Morgan fingerprint density at radius 1 is 1.11 bits per heavy atom. The molecule has 0 unspecified atom stereocenters. The number of aliphatic hydroxyl groups excluding tert-OH is 1. The highest BCUT2D eigenvalue weighted by atomic mass is 16.3. The third-order valence-electron chi connectivity index (χ3n) is 3.98. The first-order chi connectivity index (χ1) is 9.01. The van der Waals surface area contributed by atoms with E-state index in [-0.39, 0.29) is 0 Å². The van der Waals surface area contributed by atoms with Crippen LogP contribution in [0, 0.1) is 11.3 Å². The predicted octanol–water partition coefficient (Wildman–Crippen LogP) is 2.50. The minimum atomic E-state index is 0.346. The average Bonchev–Trinajstić information content (AvgIpc) is 2.34. The van der Waals surface area contributed by atoms with E-state index in [2.05, 4.69) is 31.0 Å². The third-order valence-corrected chi connectivity index (χ3v) is 3.98. The van der Waals surface area contributed by atoms with Crippen molar-refractivity contribution < 1.29 is 5.11 Å². The molecule has 0 saturated carbocycles. The van der Waals surface area contributed by atoms with Crippen molar-refractivity contribution in [1.82, 2.24) is 10.2 Å². The van der Waals surface area contributed by atoms with E-state index in [0.29, 0.717) is 17.9 Å². The zero-order chi connectivity index (χ0) is 14.1. The molecule has 0 aliphatic carbocycles. The van der Waals surface area contributed by atoms with Crippen LogP contribution in [0.25, 0.3) is 0 Å². The van der Waals surface area contributed by atoms with Gasteiger partial charge in [-0.2, -0.15) is 0 Å². The highest BCUT2D eigenvalue weighted by molar-refractivity contribution is 4.71. The Morgan fingerprint density at radius 3 is 2.37 bits per heavy atom. The minimum Gasteiger partial charge on any atom is -0.396 e. The standard InChI is InChI=1S/C16H34N2O/c1-16(2,3)14-15(7-13-19)6-4-5-10-18-11-8-17-9-12-18/h15,17,19H,4-14H2,1-3H3/t15-/m1/s1. The molecule has 1 fully saturated rings. The summed E-state index contributed by atoms with van der Waals surface area (Å²) < 4.78 is 0. The van der Waals surface area contributed by atoms with E-state index in [1.54, 1.807) is 0 Å². The van der Waals surface area contributed by atoms with Gasteiger partial charge in [-0.15, -0.1) is 0 Å². The van der Waals surface area contributed by atoms with Crippen LogP contribution in [0.4, 0.5) is 0 Å². The summed E-state index contributed by atoms with van der Waals surface area (Å²) >= 11 is 0. The molecule has 0 aromatic heterocycles. The lowest BCUT2D eigenvalue weighted by atomic mass is 9.81. The fraction of sp³-hybridized carbons (Fsp3) is 1.00. The van der Waals surface area contributed by atoms with Crippen LogP contribution >= 0.6 is 0 Å². The Bertz CT molecular complexity index is 219. The molecule has 1 heterocycles. The Balaban J connectivity index is 2.13. The number of aliphatic hydroxyl groups is 1. The highest BCUT2D eigenvalue weighted by Crippen LogP contribution is 2.29. The Labute approximate surface area is 119 Å². The van der Waals surface area contributed by atoms with Crippen molar-refractivity contribution in [2.24, 2.45) is 11.3 Å². The molecule has 1 atom stereocenters. The molecule has 0 aromatic rings. The van der Waals surface area contributed by atoms with Crippen LogP contribution in [-0.4, -0.2) is 49.3 Å². The number of unbranched alkanes of at least 4 members (excludes halogenated alkanes) is 1.